The molecule has 0 amide bonds. The fourth-order valence-corrected chi connectivity index (χ4v) is 3.07. The summed E-state index contributed by atoms with van der Waals surface area (Å²) in [4.78, 5) is 4.41. The minimum atomic E-state index is -3.86. The van der Waals surface area contributed by atoms with E-state index in [-0.39, 0.29) is 11.6 Å². The summed E-state index contributed by atoms with van der Waals surface area (Å²) in [5.41, 5.74) is 1.01. The largest absolute Gasteiger partial charge is 0.370 e. The van der Waals surface area contributed by atoms with Crippen LogP contribution in [-0.2, 0) is 10.1 Å². The second-order valence-electron chi connectivity index (χ2n) is 5.30. The highest BCUT2D eigenvalue weighted by Gasteiger charge is 2.15. The van der Waals surface area contributed by atoms with Crippen molar-refractivity contribution in [2.45, 2.75) is 12.8 Å². The van der Waals surface area contributed by atoms with Crippen molar-refractivity contribution in [2.24, 2.45) is 0 Å². The molecule has 0 saturated carbocycles. The lowest BCUT2D eigenvalue weighted by Gasteiger charge is -2.23. The topological polar surface area (TPSA) is 60.9 Å². The first-order valence-electron chi connectivity index (χ1n) is 7.12. The SMILES string of the molecule is O=S(=O)(O)CCCN1CCCN(c2ccc(F)cc2)CC1. The summed E-state index contributed by atoms with van der Waals surface area (Å²) in [5, 5.41) is 0. The molecule has 1 fully saturated rings. The third-order valence-electron chi connectivity index (χ3n) is 3.66. The monoisotopic (exact) mass is 316 g/mol. The first kappa shape index (κ1) is 16.2. The van der Waals surface area contributed by atoms with E-state index in [2.05, 4.69) is 9.80 Å². The third kappa shape index (κ3) is 5.61. The maximum absolute atomic E-state index is 12.9. The lowest BCUT2D eigenvalue weighted by molar-refractivity contribution is 0.293. The molecule has 0 radical (unpaired) electrons. The van der Waals surface area contributed by atoms with Crippen molar-refractivity contribution in [1.29, 1.82) is 0 Å². The van der Waals surface area contributed by atoms with Crippen LogP contribution in [0.1, 0.15) is 12.8 Å². The Balaban J connectivity index is 1.83. The minimum Gasteiger partial charge on any atom is -0.370 e. The Kier molecular flexibility index (Phi) is 5.55. The Labute approximate surface area is 125 Å². The molecule has 0 bridgehead atoms. The fourth-order valence-electron chi connectivity index (χ4n) is 2.58. The van der Waals surface area contributed by atoms with Gasteiger partial charge in [-0.3, -0.25) is 4.55 Å². The Morgan fingerprint density at radius 3 is 2.48 bits per heavy atom. The van der Waals surface area contributed by atoms with E-state index in [0.29, 0.717) is 13.0 Å². The first-order chi connectivity index (χ1) is 9.94. The summed E-state index contributed by atoms with van der Waals surface area (Å²) in [7, 11) is -3.86. The van der Waals surface area contributed by atoms with Crippen LogP contribution in [0.4, 0.5) is 10.1 Å². The van der Waals surface area contributed by atoms with E-state index in [1.807, 2.05) is 0 Å². The molecular formula is C14H21FN2O3S. The van der Waals surface area contributed by atoms with Crippen LogP contribution in [0.5, 0.6) is 0 Å². The van der Waals surface area contributed by atoms with Gasteiger partial charge in [0.1, 0.15) is 5.82 Å². The van der Waals surface area contributed by atoms with Gasteiger partial charge in [-0.25, -0.2) is 4.39 Å². The summed E-state index contributed by atoms with van der Waals surface area (Å²) in [6.07, 6.45) is 1.42. The molecule has 1 aliphatic heterocycles. The second kappa shape index (κ2) is 7.20. The normalized spacial score (nSPS) is 17.7. The van der Waals surface area contributed by atoms with Crippen LogP contribution >= 0.6 is 0 Å². The van der Waals surface area contributed by atoms with E-state index in [1.165, 1.54) is 12.1 Å². The molecule has 0 unspecified atom stereocenters. The number of halogens is 1. The molecule has 0 atom stereocenters. The average molecular weight is 316 g/mol. The van der Waals surface area contributed by atoms with Gasteiger partial charge in [-0.2, -0.15) is 8.42 Å². The van der Waals surface area contributed by atoms with Crippen LogP contribution in [0, 0.1) is 5.82 Å². The van der Waals surface area contributed by atoms with Gasteiger partial charge in [0.05, 0.1) is 5.75 Å². The molecule has 2 rings (SSSR count). The van der Waals surface area contributed by atoms with Crippen molar-refractivity contribution in [2.75, 3.05) is 43.4 Å². The average Bonchev–Trinajstić information content (AvgIpc) is 2.64. The Morgan fingerprint density at radius 2 is 1.81 bits per heavy atom. The van der Waals surface area contributed by atoms with Gasteiger partial charge in [-0.1, -0.05) is 0 Å². The van der Waals surface area contributed by atoms with E-state index in [0.717, 1.165) is 38.3 Å². The van der Waals surface area contributed by atoms with Gasteiger partial charge in [0.25, 0.3) is 10.1 Å². The molecule has 1 saturated heterocycles. The maximum atomic E-state index is 12.9. The molecule has 1 heterocycles. The van der Waals surface area contributed by atoms with Gasteiger partial charge in [0, 0.05) is 25.3 Å². The van der Waals surface area contributed by atoms with Gasteiger partial charge < -0.3 is 9.80 Å². The molecule has 0 aliphatic carbocycles. The fraction of sp³-hybridized carbons (Fsp3) is 0.571. The lowest BCUT2D eigenvalue weighted by atomic mass is 10.2. The van der Waals surface area contributed by atoms with Crippen LogP contribution in [0.25, 0.3) is 0 Å². The van der Waals surface area contributed by atoms with Crippen molar-refractivity contribution in [3.05, 3.63) is 30.1 Å². The summed E-state index contributed by atoms with van der Waals surface area (Å²) in [6.45, 7) is 4.14. The highest BCUT2D eigenvalue weighted by molar-refractivity contribution is 7.85. The molecule has 5 nitrogen and oxygen atoms in total. The smallest absolute Gasteiger partial charge is 0.264 e. The highest BCUT2D eigenvalue weighted by atomic mass is 32.2. The predicted octanol–water partition coefficient (Wildman–Crippen LogP) is 1.62. The molecule has 0 spiro atoms. The molecule has 0 aromatic heterocycles. The first-order valence-corrected chi connectivity index (χ1v) is 8.73. The molecule has 1 N–H and O–H groups in total. The molecule has 1 aromatic rings. The number of anilines is 1. The molecule has 118 valence electrons. The van der Waals surface area contributed by atoms with Crippen LogP contribution < -0.4 is 4.90 Å². The summed E-state index contributed by atoms with van der Waals surface area (Å²) < 4.78 is 43.1. The lowest BCUT2D eigenvalue weighted by Crippen LogP contribution is -2.32. The summed E-state index contributed by atoms with van der Waals surface area (Å²) in [6, 6.07) is 6.49. The predicted molar refractivity (Wildman–Crippen MR) is 80.7 cm³/mol. The van der Waals surface area contributed by atoms with Gasteiger partial charge in [-0.15, -0.1) is 0 Å². The van der Waals surface area contributed by atoms with E-state index in [4.69, 9.17) is 4.55 Å². The second-order valence-corrected chi connectivity index (χ2v) is 6.87. The number of hydrogen-bond donors (Lipinski definition) is 1. The van der Waals surface area contributed by atoms with E-state index in [1.54, 1.807) is 12.1 Å². The zero-order chi connectivity index (χ0) is 15.3. The number of hydrogen-bond acceptors (Lipinski definition) is 4. The summed E-state index contributed by atoms with van der Waals surface area (Å²) in [5.74, 6) is -0.425. The number of nitrogens with zero attached hydrogens (tertiary/aromatic N) is 2. The van der Waals surface area contributed by atoms with Gasteiger partial charge in [0.15, 0.2) is 0 Å². The standard InChI is InChI=1S/C14H21FN2O3S/c15-13-3-5-14(6-4-13)17-9-1-7-16(10-11-17)8-2-12-21(18,19)20/h3-6H,1-2,7-12H2,(H,18,19,20). The molecule has 1 aliphatic rings. The van der Waals surface area contributed by atoms with Crippen LogP contribution in [0.3, 0.4) is 0 Å². The quantitative estimate of drug-likeness (QED) is 0.837. The summed E-state index contributed by atoms with van der Waals surface area (Å²) >= 11 is 0. The van der Waals surface area contributed by atoms with Crippen molar-refractivity contribution in [3.8, 4) is 0 Å². The van der Waals surface area contributed by atoms with Crippen molar-refractivity contribution < 1.29 is 17.4 Å². The third-order valence-corrected chi connectivity index (χ3v) is 4.46. The van der Waals surface area contributed by atoms with E-state index in [9.17, 15) is 12.8 Å². The minimum absolute atomic E-state index is 0.189. The number of rotatable bonds is 5. The van der Waals surface area contributed by atoms with Crippen LogP contribution in [0.2, 0.25) is 0 Å². The van der Waals surface area contributed by atoms with Gasteiger partial charge >= 0.3 is 0 Å². The zero-order valence-electron chi connectivity index (χ0n) is 11.9. The zero-order valence-corrected chi connectivity index (χ0v) is 12.7. The number of benzene rings is 1. The van der Waals surface area contributed by atoms with Crippen molar-refractivity contribution >= 4 is 15.8 Å². The van der Waals surface area contributed by atoms with Crippen LogP contribution in [0.15, 0.2) is 24.3 Å². The van der Waals surface area contributed by atoms with E-state index < -0.39 is 10.1 Å². The van der Waals surface area contributed by atoms with Gasteiger partial charge in [0.2, 0.25) is 0 Å². The Hall–Kier alpha value is -1.18. The van der Waals surface area contributed by atoms with Crippen molar-refractivity contribution in [1.82, 2.24) is 4.90 Å². The van der Waals surface area contributed by atoms with Crippen LogP contribution in [-0.4, -0.2) is 56.3 Å². The highest BCUT2D eigenvalue weighted by Crippen LogP contribution is 2.17. The molecular weight excluding hydrogens is 295 g/mol. The maximum Gasteiger partial charge on any atom is 0.264 e. The molecule has 1 aromatic carbocycles. The molecule has 7 heteroatoms. The van der Waals surface area contributed by atoms with Crippen molar-refractivity contribution in [3.63, 3.8) is 0 Å². The van der Waals surface area contributed by atoms with Gasteiger partial charge in [-0.05, 0) is 50.2 Å². The molecule has 21 heavy (non-hydrogen) atoms. The van der Waals surface area contributed by atoms with E-state index >= 15 is 0 Å². The Morgan fingerprint density at radius 1 is 1.10 bits per heavy atom. The Bertz CT molecular complexity index is 548.